The average Bonchev–Trinajstić information content (AvgIpc) is 2.53. The van der Waals surface area contributed by atoms with Gasteiger partial charge < -0.3 is 9.47 Å². The summed E-state index contributed by atoms with van der Waals surface area (Å²) in [6.45, 7) is 2.12. The molecule has 0 aliphatic carbocycles. The first kappa shape index (κ1) is 14.7. The summed E-state index contributed by atoms with van der Waals surface area (Å²) in [6, 6.07) is 16.0. The minimum absolute atomic E-state index is 0.154. The third kappa shape index (κ3) is 3.07. The molecule has 2 aromatic carbocycles. The molecular formula is C17H19ClO2. The summed E-state index contributed by atoms with van der Waals surface area (Å²) >= 11 is 6.65. The molecule has 0 aliphatic heterocycles. The van der Waals surface area contributed by atoms with Gasteiger partial charge in [0.1, 0.15) is 11.5 Å². The van der Waals surface area contributed by atoms with Crippen molar-refractivity contribution in [3.8, 4) is 11.5 Å². The quantitative estimate of drug-likeness (QED) is 0.737. The Labute approximate surface area is 125 Å². The van der Waals surface area contributed by atoms with Crippen molar-refractivity contribution >= 4 is 11.6 Å². The molecule has 0 amide bonds. The average molecular weight is 291 g/mol. The zero-order chi connectivity index (χ0) is 14.5. The van der Waals surface area contributed by atoms with Crippen molar-refractivity contribution in [1.29, 1.82) is 0 Å². The highest BCUT2D eigenvalue weighted by Crippen LogP contribution is 2.41. The Morgan fingerprint density at radius 2 is 1.65 bits per heavy atom. The molecule has 106 valence electrons. The number of ether oxygens (including phenoxy) is 2. The van der Waals surface area contributed by atoms with Crippen LogP contribution in [-0.4, -0.2) is 14.2 Å². The van der Waals surface area contributed by atoms with Gasteiger partial charge in [-0.15, -0.1) is 11.6 Å². The van der Waals surface area contributed by atoms with Gasteiger partial charge in [-0.2, -0.15) is 0 Å². The van der Waals surface area contributed by atoms with Gasteiger partial charge in [0.15, 0.2) is 0 Å². The van der Waals surface area contributed by atoms with E-state index in [1.165, 1.54) is 5.56 Å². The summed E-state index contributed by atoms with van der Waals surface area (Å²) in [5.74, 6) is 1.72. The molecule has 0 bridgehead atoms. The Morgan fingerprint density at radius 3 is 2.25 bits per heavy atom. The van der Waals surface area contributed by atoms with Gasteiger partial charge in [-0.3, -0.25) is 0 Å². The fraction of sp³-hybridized carbons (Fsp3) is 0.294. The van der Waals surface area contributed by atoms with E-state index in [1.54, 1.807) is 14.2 Å². The number of methoxy groups -OCH3 is 2. The normalized spacial score (nSPS) is 13.6. The summed E-state index contributed by atoms with van der Waals surface area (Å²) in [5, 5.41) is -0.154. The maximum Gasteiger partial charge on any atom is 0.127 e. The maximum absolute atomic E-state index is 6.65. The molecule has 2 nitrogen and oxygen atoms in total. The van der Waals surface area contributed by atoms with E-state index >= 15 is 0 Å². The first-order valence-electron chi connectivity index (χ1n) is 6.58. The monoisotopic (exact) mass is 290 g/mol. The van der Waals surface area contributed by atoms with Crippen molar-refractivity contribution < 1.29 is 9.47 Å². The SMILES string of the molecule is COc1ccc(C(Cl)C(C)c2ccccc2)c(OC)c1. The molecule has 0 aliphatic rings. The topological polar surface area (TPSA) is 18.5 Å². The Morgan fingerprint density at radius 1 is 0.950 bits per heavy atom. The van der Waals surface area contributed by atoms with Gasteiger partial charge in [0.05, 0.1) is 19.6 Å². The van der Waals surface area contributed by atoms with Crippen LogP contribution in [0.2, 0.25) is 0 Å². The molecule has 0 saturated carbocycles. The maximum atomic E-state index is 6.65. The lowest BCUT2D eigenvalue weighted by Gasteiger charge is -2.21. The lowest BCUT2D eigenvalue weighted by Crippen LogP contribution is -2.04. The molecule has 0 aromatic heterocycles. The smallest absolute Gasteiger partial charge is 0.127 e. The van der Waals surface area contributed by atoms with Crippen LogP contribution < -0.4 is 9.47 Å². The summed E-state index contributed by atoms with van der Waals surface area (Å²) in [7, 11) is 3.29. The number of benzene rings is 2. The molecule has 2 rings (SSSR count). The molecule has 0 spiro atoms. The van der Waals surface area contributed by atoms with E-state index in [1.807, 2.05) is 36.4 Å². The van der Waals surface area contributed by atoms with Crippen molar-refractivity contribution in [3.05, 3.63) is 59.7 Å². The third-order valence-electron chi connectivity index (χ3n) is 3.50. The number of hydrogen-bond acceptors (Lipinski definition) is 2. The van der Waals surface area contributed by atoms with E-state index < -0.39 is 0 Å². The zero-order valence-corrected chi connectivity index (χ0v) is 12.7. The van der Waals surface area contributed by atoms with Crippen LogP contribution in [0.25, 0.3) is 0 Å². The van der Waals surface area contributed by atoms with Crippen LogP contribution in [0.15, 0.2) is 48.5 Å². The minimum atomic E-state index is -0.154. The molecule has 0 heterocycles. The molecule has 2 atom stereocenters. The predicted molar refractivity (Wildman–Crippen MR) is 83.0 cm³/mol. The second kappa shape index (κ2) is 6.67. The van der Waals surface area contributed by atoms with Gasteiger partial charge in [0.25, 0.3) is 0 Å². The van der Waals surface area contributed by atoms with Gasteiger partial charge in [-0.1, -0.05) is 43.3 Å². The van der Waals surface area contributed by atoms with Crippen molar-refractivity contribution in [2.45, 2.75) is 18.2 Å². The summed E-state index contributed by atoms with van der Waals surface area (Å²) < 4.78 is 10.6. The van der Waals surface area contributed by atoms with E-state index in [9.17, 15) is 0 Å². The van der Waals surface area contributed by atoms with Crippen molar-refractivity contribution in [3.63, 3.8) is 0 Å². The van der Waals surface area contributed by atoms with E-state index in [0.717, 1.165) is 17.1 Å². The Balaban J connectivity index is 2.31. The number of hydrogen-bond donors (Lipinski definition) is 0. The van der Waals surface area contributed by atoms with E-state index in [-0.39, 0.29) is 11.3 Å². The highest BCUT2D eigenvalue weighted by atomic mass is 35.5. The predicted octanol–water partition coefficient (Wildman–Crippen LogP) is 4.79. The number of halogens is 1. The fourth-order valence-electron chi connectivity index (χ4n) is 2.24. The van der Waals surface area contributed by atoms with Gasteiger partial charge in [0.2, 0.25) is 0 Å². The second-order valence-corrected chi connectivity index (χ2v) is 5.18. The van der Waals surface area contributed by atoms with Crippen LogP contribution in [-0.2, 0) is 0 Å². The van der Waals surface area contributed by atoms with Gasteiger partial charge in [-0.25, -0.2) is 0 Å². The zero-order valence-electron chi connectivity index (χ0n) is 12.0. The summed E-state index contributed by atoms with van der Waals surface area (Å²) in [4.78, 5) is 0. The third-order valence-corrected chi connectivity index (χ3v) is 4.12. The van der Waals surface area contributed by atoms with Crippen LogP contribution in [0.1, 0.15) is 29.3 Å². The lowest BCUT2D eigenvalue weighted by molar-refractivity contribution is 0.389. The van der Waals surface area contributed by atoms with Gasteiger partial charge >= 0.3 is 0 Å². The van der Waals surface area contributed by atoms with Crippen LogP contribution >= 0.6 is 11.6 Å². The Hall–Kier alpha value is -1.67. The van der Waals surface area contributed by atoms with Crippen LogP contribution in [0, 0.1) is 0 Å². The van der Waals surface area contributed by atoms with Crippen LogP contribution in [0.3, 0.4) is 0 Å². The highest BCUT2D eigenvalue weighted by Gasteiger charge is 2.22. The highest BCUT2D eigenvalue weighted by molar-refractivity contribution is 6.21. The molecular weight excluding hydrogens is 272 g/mol. The molecule has 0 N–H and O–H groups in total. The first-order chi connectivity index (χ1) is 9.67. The number of rotatable bonds is 5. The molecule has 0 saturated heterocycles. The van der Waals surface area contributed by atoms with Gasteiger partial charge in [0, 0.05) is 17.5 Å². The van der Waals surface area contributed by atoms with E-state index in [2.05, 4.69) is 19.1 Å². The van der Waals surface area contributed by atoms with Crippen LogP contribution in [0.5, 0.6) is 11.5 Å². The Kier molecular flexibility index (Phi) is 4.91. The minimum Gasteiger partial charge on any atom is -0.497 e. The second-order valence-electron chi connectivity index (χ2n) is 4.71. The van der Waals surface area contributed by atoms with Crippen molar-refractivity contribution in [2.24, 2.45) is 0 Å². The fourth-order valence-corrected chi connectivity index (χ4v) is 2.57. The van der Waals surface area contributed by atoms with Crippen molar-refractivity contribution in [2.75, 3.05) is 14.2 Å². The van der Waals surface area contributed by atoms with E-state index in [0.29, 0.717) is 0 Å². The summed E-state index contributed by atoms with van der Waals surface area (Å²) in [5.41, 5.74) is 2.19. The number of alkyl halides is 1. The largest absolute Gasteiger partial charge is 0.497 e. The van der Waals surface area contributed by atoms with Gasteiger partial charge in [-0.05, 0) is 11.6 Å². The lowest BCUT2D eigenvalue weighted by atomic mass is 9.92. The molecule has 2 aromatic rings. The first-order valence-corrected chi connectivity index (χ1v) is 7.02. The Bertz CT molecular complexity index is 554. The van der Waals surface area contributed by atoms with Crippen molar-refractivity contribution in [1.82, 2.24) is 0 Å². The summed E-state index contributed by atoms with van der Waals surface area (Å²) in [6.07, 6.45) is 0. The molecule has 0 radical (unpaired) electrons. The standard InChI is InChI=1S/C17H19ClO2/c1-12(13-7-5-4-6-8-13)17(18)15-10-9-14(19-2)11-16(15)20-3/h4-12,17H,1-3H3. The molecule has 3 heteroatoms. The molecule has 0 fully saturated rings. The molecule has 2 unspecified atom stereocenters. The van der Waals surface area contributed by atoms with Crippen LogP contribution in [0.4, 0.5) is 0 Å². The molecule has 20 heavy (non-hydrogen) atoms. The van der Waals surface area contributed by atoms with E-state index in [4.69, 9.17) is 21.1 Å².